The first kappa shape index (κ1) is 41.8. The van der Waals surface area contributed by atoms with Crippen molar-refractivity contribution in [1.29, 1.82) is 0 Å². The predicted molar refractivity (Wildman–Crippen MR) is 292 cm³/mol. The van der Waals surface area contributed by atoms with E-state index in [9.17, 15) is 0 Å². The molecule has 0 radical (unpaired) electrons. The summed E-state index contributed by atoms with van der Waals surface area (Å²) in [6.45, 7) is 0. The lowest BCUT2D eigenvalue weighted by Crippen LogP contribution is -2.74. The van der Waals surface area contributed by atoms with E-state index in [0.717, 1.165) is 44.6 Å². The Balaban J connectivity index is 1.13. The minimum absolute atomic E-state index is 0.645. The van der Waals surface area contributed by atoms with Gasteiger partial charge in [0.2, 0.25) is 0 Å². The quantitative estimate of drug-likeness (QED) is 0.0962. The predicted octanol–water partition coefficient (Wildman–Crippen LogP) is 9.06. The van der Waals surface area contributed by atoms with Crippen LogP contribution in [0.2, 0.25) is 0 Å². The molecule has 69 heavy (non-hydrogen) atoms. The summed E-state index contributed by atoms with van der Waals surface area (Å²) in [6.07, 6.45) is 1.87. The summed E-state index contributed by atoms with van der Waals surface area (Å²) < 4.78 is 2.21. The van der Waals surface area contributed by atoms with Gasteiger partial charge in [0.1, 0.15) is 11.5 Å². The highest BCUT2D eigenvalue weighted by Crippen LogP contribution is 2.32. The van der Waals surface area contributed by atoms with E-state index < -0.39 is 16.1 Å². The molecule has 3 aromatic heterocycles. The molecule has 0 amide bonds. The number of para-hydroxylation sites is 1. The van der Waals surface area contributed by atoms with Gasteiger partial charge < -0.3 is 0 Å². The molecule has 3 heterocycles. The largest absolute Gasteiger partial charge is 0.278 e. The number of hydrogen-bond acceptors (Lipinski definition) is 3. The van der Waals surface area contributed by atoms with Gasteiger partial charge in [-0.25, -0.2) is 15.0 Å². The molecule has 326 valence electrons. The first-order valence-corrected chi connectivity index (χ1v) is 27.5. The van der Waals surface area contributed by atoms with Crippen LogP contribution < -0.4 is 41.5 Å². The Kier molecular flexibility index (Phi) is 10.9. The van der Waals surface area contributed by atoms with Crippen LogP contribution in [0.3, 0.4) is 0 Å². The molecule has 4 nitrogen and oxygen atoms in total. The molecule has 0 saturated heterocycles. The fourth-order valence-electron chi connectivity index (χ4n) is 10.8. The van der Waals surface area contributed by atoms with E-state index in [0.29, 0.717) is 5.82 Å². The van der Waals surface area contributed by atoms with E-state index in [1.807, 2.05) is 12.3 Å². The highest BCUT2D eigenvalue weighted by Gasteiger charge is 2.43. The lowest BCUT2D eigenvalue weighted by atomic mass is 10.1. The first-order chi connectivity index (χ1) is 34.2. The molecule has 12 aromatic rings. The van der Waals surface area contributed by atoms with E-state index in [1.54, 1.807) is 0 Å². The van der Waals surface area contributed by atoms with Crippen LogP contribution in [-0.4, -0.2) is 35.7 Å². The molecule has 0 atom stereocenters. The maximum Gasteiger partial charge on any atom is 0.179 e. The second-order valence-corrected chi connectivity index (χ2v) is 25.1. The summed E-state index contributed by atoms with van der Waals surface area (Å²) in [5.41, 5.74) is 4.69. The number of fused-ring (bicyclic) bond motifs is 3. The third-order valence-corrected chi connectivity index (χ3v) is 23.3. The Bertz CT molecular complexity index is 3280. The Morgan fingerprint density at radius 3 is 1.17 bits per heavy atom. The molecule has 0 aliphatic carbocycles. The van der Waals surface area contributed by atoms with Crippen molar-refractivity contribution in [1.82, 2.24) is 19.5 Å². The second kappa shape index (κ2) is 17.9. The summed E-state index contributed by atoms with van der Waals surface area (Å²) >= 11 is 0. The number of benzene rings is 9. The van der Waals surface area contributed by atoms with Crippen LogP contribution >= 0.6 is 0 Å². The lowest BCUT2D eigenvalue weighted by Gasteiger charge is -2.34. The lowest BCUT2D eigenvalue weighted by molar-refractivity contribution is 1.03. The SMILES string of the molecule is c1ccc([Si](c2ccccc2)(c2ccccc2)c2cccc(-c3cc(-n4c5ccccc5c5cccnc54)nc(-c4cccc([Si](c5ccccc5)(c5ccccc5)c5ccccc5)c4)n3)c2)cc1. The van der Waals surface area contributed by atoms with Gasteiger partial charge in [-0.2, -0.15) is 0 Å². The van der Waals surface area contributed by atoms with Crippen LogP contribution in [-0.2, 0) is 0 Å². The molecule has 0 saturated carbocycles. The van der Waals surface area contributed by atoms with Crippen molar-refractivity contribution < 1.29 is 0 Å². The van der Waals surface area contributed by atoms with Gasteiger partial charge in [-0.3, -0.25) is 4.57 Å². The van der Waals surface area contributed by atoms with Crippen molar-refractivity contribution in [3.8, 4) is 28.5 Å². The number of aromatic nitrogens is 4. The van der Waals surface area contributed by atoms with Crippen molar-refractivity contribution in [2.45, 2.75) is 0 Å². The van der Waals surface area contributed by atoms with Crippen molar-refractivity contribution >= 4 is 79.6 Å². The van der Waals surface area contributed by atoms with Crippen LogP contribution in [0.25, 0.3) is 50.4 Å². The Morgan fingerprint density at radius 1 is 0.304 bits per heavy atom. The average molecular weight is 915 g/mol. The van der Waals surface area contributed by atoms with Gasteiger partial charge in [0.05, 0.1) is 11.2 Å². The van der Waals surface area contributed by atoms with Crippen molar-refractivity contribution in [3.63, 3.8) is 0 Å². The van der Waals surface area contributed by atoms with Crippen LogP contribution in [0.4, 0.5) is 0 Å². The molecule has 0 fully saturated rings. The van der Waals surface area contributed by atoms with Crippen molar-refractivity contribution in [3.05, 3.63) is 279 Å². The highest BCUT2D eigenvalue weighted by atomic mass is 28.3. The van der Waals surface area contributed by atoms with Crippen molar-refractivity contribution in [2.75, 3.05) is 0 Å². The maximum atomic E-state index is 5.61. The third-order valence-electron chi connectivity index (χ3n) is 13.8. The fraction of sp³-hybridized carbons (Fsp3) is 0. The Labute approximate surface area is 404 Å². The highest BCUT2D eigenvalue weighted by molar-refractivity contribution is 7.20. The van der Waals surface area contributed by atoms with Gasteiger partial charge in [0, 0.05) is 34.2 Å². The molecule has 12 rings (SSSR count). The average Bonchev–Trinajstić information content (AvgIpc) is 3.78. The summed E-state index contributed by atoms with van der Waals surface area (Å²) in [5.74, 6) is 1.40. The molecule has 9 aromatic carbocycles. The Morgan fingerprint density at radius 2 is 0.696 bits per heavy atom. The van der Waals surface area contributed by atoms with Crippen LogP contribution in [0.5, 0.6) is 0 Å². The smallest absolute Gasteiger partial charge is 0.179 e. The minimum atomic E-state index is -2.87. The van der Waals surface area contributed by atoms with E-state index in [2.05, 4.69) is 271 Å². The van der Waals surface area contributed by atoms with Crippen molar-refractivity contribution in [2.24, 2.45) is 0 Å². The monoisotopic (exact) mass is 914 g/mol. The first-order valence-electron chi connectivity index (χ1n) is 23.5. The van der Waals surface area contributed by atoms with Crippen LogP contribution in [0.1, 0.15) is 0 Å². The van der Waals surface area contributed by atoms with Gasteiger partial charge in [-0.05, 0) is 59.7 Å². The number of rotatable bonds is 11. The third kappa shape index (κ3) is 7.17. The summed E-state index contributed by atoms with van der Waals surface area (Å²) in [4.78, 5) is 16.2. The van der Waals surface area contributed by atoms with E-state index in [4.69, 9.17) is 15.0 Å². The molecule has 0 bridgehead atoms. The summed E-state index contributed by atoms with van der Waals surface area (Å²) in [6, 6.07) is 99.5. The van der Waals surface area contributed by atoms with Gasteiger partial charge in [-0.15, -0.1) is 0 Å². The molecular weight excluding hydrogens is 869 g/mol. The zero-order valence-electron chi connectivity index (χ0n) is 37.8. The maximum absolute atomic E-state index is 5.61. The molecule has 0 unspecified atom stereocenters. The van der Waals surface area contributed by atoms with Gasteiger partial charge in [0.25, 0.3) is 0 Å². The van der Waals surface area contributed by atoms with E-state index >= 15 is 0 Å². The van der Waals surface area contributed by atoms with E-state index in [-0.39, 0.29) is 0 Å². The molecule has 0 aliphatic heterocycles. The number of nitrogens with zero attached hydrogens (tertiary/aromatic N) is 4. The van der Waals surface area contributed by atoms with Crippen LogP contribution in [0, 0.1) is 0 Å². The molecule has 0 N–H and O–H groups in total. The summed E-state index contributed by atoms with van der Waals surface area (Å²) in [5, 5.41) is 12.6. The normalized spacial score (nSPS) is 11.8. The zero-order valence-corrected chi connectivity index (χ0v) is 39.8. The molecule has 6 heteroatoms. The molecule has 0 spiro atoms. The summed E-state index contributed by atoms with van der Waals surface area (Å²) in [7, 11) is -5.73. The minimum Gasteiger partial charge on any atom is -0.278 e. The zero-order chi connectivity index (χ0) is 46.0. The second-order valence-electron chi connectivity index (χ2n) is 17.5. The topological polar surface area (TPSA) is 43.6 Å². The number of hydrogen-bond donors (Lipinski definition) is 0. The van der Waals surface area contributed by atoms with Gasteiger partial charge in [0.15, 0.2) is 22.0 Å². The Hall–Kier alpha value is -8.56. The number of pyridine rings is 1. The van der Waals surface area contributed by atoms with Gasteiger partial charge in [-0.1, -0.05) is 249 Å². The van der Waals surface area contributed by atoms with Gasteiger partial charge >= 0.3 is 0 Å². The van der Waals surface area contributed by atoms with Crippen LogP contribution in [0.15, 0.2) is 279 Å². The standard InChI is InChI=1S/C63H46N4Si2/c1-7-26-49(27-8-1)68(50-28-9-2-10-29-50,51-30-11-3-12-31-51)55-38-21-24-47(44-55)59-46-61(67-60-42-20-19-40-57(60)58-41-23-43-64-63(58)67)66-62(65-59)48-25-22-39-56(45-48)69(52-32-13-4-14-33-52,53-34-15-5-16-35-53)54-36-17-6-18-37-54/h1-46H. The van der Waals surface area contributed by atoms with E-state index in [1.165, 1.54) is 41.5 Å². The molecule has 0 aliphatic rings. The molecular formula is C63H46N4Si2. The fourth-order valence-corrected chi connectivity index (χ4v) is 20.4.